The van der Waals surface area contributed by atoms with Crippen molar-refractivity contribution in [2.75, 3.05) is 11.9 Å². The zero-order valence-electron chi connectivity index (χ0n) is 11.4. The van der Waals surface area contributed by atoms with Crippen LogP contribution in [0, 0.1) is 5.41 Å². The molecule has 7 heteroatoms. The molecule has 0 atom stereocenters. The predicted molar refractivity (Wildman–Crippen MR) is 76.9 cm³/mol. The molecular weight excluding hydrogens is 301 g/mol. The monoisotopic (exact) mass is 318 g/mol. The molecule has 0 bridgehead atoms. The van der Waals surface area contributed by atoms with Crippen molar-refractivity contribution in [2.45, 2.75) is 36.1 Å². The maximum Gasteiger partial charge on any atom is 0.446 e. The maximum absolute atomic E-state index is 12.3. The third-order valence-electron chi connectivity index (χ3n) is 3.78. The quantitative estimate of drug-likeness (QED) is 0.831. The molecule has 1 amide bonds. The number of benzene rings is 1. The van der Waals surface area contributed by atoms with Crippen LogP contribution >= 0.6 is 11.8 Å². The summed E-state index contributed by atoms with van der Waals surface area (Å²) < 4.78 is 36.7. The highest BCUT2D eigenvalue weighted by atomic mass is 32.2. The van der Waals surface area contributed by atoms with E-state index in [-0.39, 0.29) is 22.6 Å². The van der Waals surface area contributed by atoms with Gasteiger partial charge in [0, 0.05) is 17.1 Å². The molecule has 2 rings (SSSR count). The van der Waals surface area contributed by atoms with Crippen LogP contribution in [0.1, 0.15) is 25.7 Å². The van der Waals surface area contributed by atoms with E-state index >= 15 is 0 Å². The first-order valence-electron chi connectivity index (χ1n) is 6.72. The summed E-state index contributed by atoms with van der Waals surface area (Å²) in [6.45, 7) is 0.293. The number of anilines is 1. The standard InChI is InChI=1S/C14H17F3N2OS/c15-14(16,17)21-11-5-3-10(4-6-11)19-12(20)13(9-18)7-1-2-8-13/h3-6H,1-2,7-9,18H2,(H,19,20). The van der Waals surface area contributed by atoms with E-state index < -0.39 is 10.9 Å². The van der Waals surface area contributed by atoms with Gasteiger partial charge in [0.2, 0.25) is 5.91 Å². The number of nitrogens with one attached hydrogen (secondary N) is 1. The Bertz CT molecular complexity index is 496. The first kappa shape index (κ1) is 16.2. The van der Waals surface area contributed by atoms with E-state index in [1.165, 1.54) is 24.3 Å². The van der Waals surface area contributed by atoms with Crippen molar-refractivity contribution >= 4 is 23.4 Å². The van der Waals surface area contributed by atoms with E-state index in [4.69, 9.17) is 5.73 Å². The van der Waals surface area contributed by atoms with Crippen molar-refractivity contribution in [1.82, 2.24) is 0 Å². The molecule has 21 heavy (non-hydrogen) atoms. The SMILES string of the molecule is NCC1(C(=O)Nc2ccc(SC(F)(F)F)cc2)CCCC1. The number of halogens is 3. The highest BCUT2D eigenvalue weighted by molar-refractivity contribution is 8.00. The molecule has 0 radical (unpaired) electrons. The minimum Gasteiger partial charge on any atom is -0.329 e. The topological polar surface area (TPSA) is 55.1 Å². The molecule has 0 aromatic heterocycles. The number of alkyl halides is 3. The molecule has 1 aromatic rings. The van der Waals surface area contributed by atoms with Gasteiger partial charge in [-0.05, 0) is 48.9 Å². The predicted octanol–water partition coefficient (Wildman–Crippen LogP) is 3.76. The fraction of sp³-hybridized carbons (Fsp3) is 0.500. The van der Waals surface area contributed by atoms with Crippen LogP contribution in [-0.4, -0.2) is 18.0 Å². The lowest BCUT2D eigenvalue weighted by molar-refractivity contribution is -0.124. The molecule has 1 aliphatic rings. The van der Waals surface area contributed by atoms with E-state index in [2.05, 4.69) is 5.32 Å². The number of carbonyl (C=O) groups excluding carboxylic acids is 1. The Morgan fingerprint density at radius 1 is 1.24 bits per heavy atom. The lowest BCUT2D eigenvalue weighted by Gasteiger charge is -2.25. The van der Waals surface area contributed by atoms with Gasteiger partial charge in [-0.1, -0.05) is 12.8 Å². The molecule has 1 aliphatic carbocycles. The van der Waals surface area contributed by atoms with Crippen LogP contribution in [0.4, 0.5) is 18.9 Å². The number of carbonyl (C=O) groups is 1. The van der Waals surface area contributed by atoms with Crippen LogP contribution in [0.5, 0.6) is 0 Å². The lowest BCUT2D eigenvalue weighted by atomic mass is 9.85. The molecule has 0 unspecified atom stereocenters. The van der Waals surface area contributed by atoms with Crippen molar-refractivity contribution in [3.63, 3.8) is 0 Å². The molecule has 0 heterocycles. The van der Waals surface area contributed by atoms with Gasteiger partial charge in [0.05, 0.1) is 5.41 Å². The Morgan fingerprint density at radius 2 is 1.81 bits per heavy atom. The molecule has 1 fully saturated rings. The van der Waals surface area contributed by atoms with E-state index in [0.717, 1.165) is 25.7 Å². The second-order valence-electron chi connectivity index (χ2n) is 5.22. The second-order valence-corrected chi connectivity index (χ2v) is 6.36. The van der Waals surface area contributed by atoms with Gasteiger partial charge in [-0.25, -0.2) is 0 Å². The molecule has 0 saturated heterocycles. The van der Waals surface area contributed by atoms with Crippen molar-refractivity contribution in [3.8, 4) is 0 Å². The maximum atomic E-state index is 12.3. The normalized spacial score (nSPS) is 17.7. The van der Waals surface area contributed by atoms with E-state index in [1.807, 2.05) is 0 Å². The number of thioether (sulfide) groups is 1. The number of nitrogens with two attached hydrogens (primary N) is 1. The largest absolute Gasteiger partial charge is 0.446 e. The van der Waals surface area contributed by atoms with Gasteiger partial charge in [0.1, 0.15) is 0 Å². The van der Waals surface area contributed by atoms with Gasteiger partial charge in [0.25, 0.3) is 0 Å². The van der Waals surface area contributed by atoms with E-state index in [9.17, 15) is 18.0 Å². The van der Waals surface area contributed by atoms with Crippen molar-refractivity contribution in [3.05, 3.63) is 24.3 Å². The zero-order chi connectivity index (χ0) is 15.5. The summed E-state index contributed by atoms with van der Waals surface area (Å²) in [5.74, 6) is -0.140. The smallest absolute Gasteiger partial charge is 0.329 e. The number of hydrogen-bond acceptors (Lipinski definition) is 3. The van der Waals surface area contributed by atoms with Crippen molar-refractivity contribution in [1.29, 1.82) is 0 Å². The van der Waals surface area contributed by atoms with Gasteiger partial charge in [0.15, 0.2) is 0 Å². The molecular formula is C14H17F3N2OS. The van der Waals surface area contributed by atoms with Gasteiger partial charge < -0.3 is 11.1 Å². The van der Waals surface area contributed by atoms with Crippen LogP contribution in [0.2, 0.25) is 0 Å². The van der Waals surface area contributed by atoms with Crippen molar-refractivity contribution in [2.24, 2.45) is 11.1 Å². The summed E-state index contributed by atoms with van der Waals surface area (Å²) in [6.07, 6.45) is 3.48. The molecule has 1 saturated carbocycles. The number of hydrogen-bond donors (Lipinski definition) is 2. The summed E-state index contributed by atoms with van der Waals surface area (Å²) >= 11 is -0.175. The number of amides is 1. The molecule has 3 nitrogen and oxygen atoms in total. The average molecular weight is 318 g/mol. The summed E-state index contributed by atoms with van der Waals surface area (Å²) in [7, 11) is 0. The zero-order valence-corrected chi connectivity index (χ0v) is 12.2. The lowest BCUT2D eigenvalue weighted by Crippen LogP contribution is -2.40. The Kier molecular flexibility index (Phi) is 4.83. The molecule has 0 spiro atoms. The van der Waals surface area contributed by atoms with Crippen LogP contribution in [-0.2, 0) is 4.79 Å². The van der Waals surface area contributed by atoms with E-state index in [1.54, 1.807) is 0 Å². The van der Waals surface area contributed by atoms with Gasteiger partial charge >= 0.3 is 5.51 Å². The molecule has 1 aromatic carbocycles. The first-order chi connectivity index (χ1) is 9.85. The van der Waals surface area contributed by atoms with Gasteiger partial charge in [-0.2, -0.15) is 13.2 Å². The minimum absolute atomic E-state index is 0.0925. The minimum atomic E-state index is -4.31. The Labute approximate surface area is 125 Å². The Balaban J connectivity index is 2.01. The van der Waals surface area contributed by atoms with Gasteiger partial charge in [-0.3, -0.25) is 4.79 Å². The second kappa shape index (κ2) is 6.27. The van der Waals surface area contributed by atoms with E-state index in [0.29, 0.717) is 12.2 Å². The summed E-state index contributed by atoms with van der Waals surface area (Å²) in [5, 5.41) is 2.76. The van der Waals surface area contributed by atoms with Crippen LogP contribution in [0.3, 0.4) is 0 Å². The van der Waals surface area contributed by atoms with Crippen molar-refractivity contribution < 1.29 is 18.0 Å². The van der Waals surface area contributed by atoms with Crippen LogP contribution in [0.25, 0.3) is 0 Å². The molecule has 116 valence electrons. The highest BCUT2D eigenvalue weighted by Crippen LogP contribution is 2.39. The Morgan fingerprint density at radius 3 is 2.29 bits per heavy atom. The first-order valence-corrected chi connectivity index (χ1v) is 7.54. The molecule has 3 N–H and O–H groups in total. The summed E-state index contributed by atoms with van der Waals surface area (Å²) in [5.41, 5.74) is 1.38. The third-order valence-corrected chi connectivity index (χ3v) is 4.52. The highest BCUT2D eigenvalue weighted by Gasteiger charge is 2.39. The third kappa shape index (κ3) is 4.14. The van der Waals surface area contributed by atoms with Crippen LogP contribution < -0.4 is 11.1 Å². The molecule has 0 aliphatic heterocycles. The van der Waals surface area contributed by atoms with Gasteiger partial charge in [-0.15, -0.1) is 0 Å². The number of rotatable bonds is 4. The fourth-order valence-electron chi connectivity index (χ4n) is 2.58. The fourth-order valence-corrected chi connectivity index (χ4v) is 3.12. The average Bonchev–Trinajstić information content (AvgIpc) is 2.89. The summed E-state index contributed by atoms with van der Waals surface area (Å²) in [6, 6.07) is 5.64. The van der Waals surface area contributed by atoms with Crippen LogP contribution in [0.15, 0.2) is 29.2 Å². The Hall–Kier alpha value is -1.21. The summed E-state index contributed by atoms with van der Waals surface area (Å²) in [4.78, 5) is 12.4.